The molecule has 4 atom stereocenters. The predicted molar refractivity (Wildman–Crippen MR) is 69.8 cm³/mol. The Labute approximate surface area is 114 Å². The van der Waals surface area contributed by atoms with E-state index in [1.165, 1.54) is 0 Å². The average molecular weight is 283 g/mol. The highest BCUT2D eigenvalue weighted by Gasteiger charge is 2.52. The van der Waals surface area contributed by atoms with E-state index in [0.717, 1.165) is 6.42 Å². The summed E-state index contributed by atoms with van der Waals surface area (Å²) in [5.41, 5.74) is 0. The van der Waals surface area contributed by atoms with Gasteiger partial charge in [0.2, 0.25) is 5.91 Å². The number of carboxylic acids is 1. The van der Waals surface area contributed by atoms with Crippen molar-refractivity contribution >= 4 is 22.7 Å². The van der Waals surface area contributed by atoms with Gasteiger partial charge >= 0.3 is 5.97 Å². The fraction of sp³-hybridized carbons (Fsp3) is 0.692. The average Bonchev–Trinajstić information content (AvgIpc) is 2.98. The lowest BCUT2D eigenvalue weighted by atomic mass is 9.82. The van der Waals surface area contributed by atoms with Gasteiger partial charge in [-0.1, -0.05) is 12.2 Å². The summed E-state index contributed by atoms with van der Waals surface area (Å²) >= 11 is 0. The number of nitrogens with zero attached hydrogens (tertiary/aromatic N) is 1. The molecule has 2 unspecified atom stereocenters. The van der Waals surface area contributed by atoms with Crippen LogP contribution in [0.1, 0.15) is 6.42 Å². The van der Waals surface area contributed by atoms with Gasteiger partial charge in [-0.3, -0.25) is 13.8 Å². The number of hydrogen-bond donors (Lipinski definition) is 1. The van der Waals surface area contributed by atoms with Gasteiger partial charge in [-0.15, -0.1) is 0 Å². The first-order valence-electron chi connectivity index (χ1n) is 6.63. The number of rotatable bonds is 2. The molecule has 2 aliphatic carbocycles. The molecule has 5 nitrogen and oxygen atoms in total. The summed E-state index contributed by atoms with van der Waals surface area (Å²) in [7, 11) is -0.822. The molecule has 1 N–H and O–H groups in total. The van der Waals surface area contributed by atoms with Crippen LogP contribution in [0, 0.1) is 23.7 Å². The van der Waals surface area contributed by atoms with Gasteiger partial charge in [-0.2, -0.15) is 0 Å². The van der Waals surface area contributed by atoms with Crippen LogP contribution in [0.5, 0.6) is 0 Å². The van der Waals surface area contributed by atoms with E-state index < -0.39 is 28.6 Å². The highest BCUT2D eigenvalue weighted by molar-refractivity contribution is 7.85. The lowest BCUT2D eigenvalue weighted by molar-refractivity contribution is -0.150. The van der Waals surface area contributed by atoms with Gasteiger partial charge in [0.1, 0.15) is 0 Å². The highest BCUT2D eigenvalue weighted by atomic mass is 32.2. The predicted octanol–water partition coefficient (Wildman–Crippen LogP) is 0.100. The molecule has 2 bridgehead atoms. The Balaban J connectivity index is 1.77. The van der Waals surface area contributed by atoms with Crippen molar-refractivity contribution < 1.29 is 18.9 Å². The number of hydrogen-bond acceptors (Lipinski definition) is 3. The minimum absolute atomic E-state index is 0.00960. The Morgan fingerprint density at radius 3 is 2.26 bits per heavy atom. The molecule has 3 aliphatic rings. The molecule has 0 radical (unpaired) electrons. The lowest BCUT2D eigenvalue weighted by Gasteiger charge is -2.32. The van der Waals surface area contributed by atoms with Crippen LogP contribution in [0.2, 0.25) is 0 Å². The summed E-state index contributed by atoms with van der Waals surface area (Å²) in [5.74, 6) is -0.799. The van der Waals surface area contributed by atoms with E-state index >= 15 is 0 Å². The van der Waals surface area contributed by atoms with Gasteiger partial charge in [0.25, 0.3) is 0 Å². The quantitative estimate of drug-likeness (QED) is 0.729. The topological polar surface area (TPSA) is 74.7 Å². The van der Waals surface area contributed by atoms with Gasteiger partial charge < -0.3 is 10.0 Å². The summed E-state index contributed by atoms with van der Waals surface area (Å²) in [6.45, 7) is 0.991. The van der Waals surface area contributed by atoms with Crippen LogP contribution >= 0.6 is 0 Å². The van der Waals surface area contributed by atoms with E-state index in [-0.39, 0.29) is 17.7 Å². The molecule has 0 spiro atoms. The summed E-state index contributed by atoms with van der Waals surface area (Å²) < 4.78 is 11.3. The molecule has 1 heterocycles. The Morgan fingerprint density at radius 1 is 1.11 bits per heavy atom. The molecular formula is C13H17NO4S. The van der Waals surface area contributed by atoms with Gasteiger partial charge in [0.15, 0.2) is 0 Å². The summed E-state index contributed by atoms with van der Waals surface area (Å²) in [6.07, 6.45) is 4.72. The Hall–Kier alpha value is -1.17. The normalized spacial score (nSPS) is 37.8. The Morgan fingerprint density at radius 2 is 1.68 bits per heavy atom. The van der Waals surface area contributed by atoms with Crippen molar-refractivity contribution in [2.24, 2.45) is 23.7 Å². The van der Waals surface area contributed by atoms with Crippen LogP contribution < -0.4 is 0 Å². The minimum Gasteiger partial charge on any atom is -0.481 e. The number of carbonyl (C=O) groups is 2. The molecule has 1 aliphatic heterocycles. The van der Waals surface area contributed by atoms with Crippen molar-refractivity contribution in [1.29, 1.82) is 0 Å². The van der Waals surface area contributed by atoms with E-state index in [4.69, 9.17) is 0 Å². The third-order valence-electron chi connectivity index (χ3n) is 4.52. The summed E-state index contributed by atoms with van der Waals surface area (Å²) in [4.78, 5) is 25.6. The first-order valence-corrected chi connectivity index (χ1v) is 8.11. The molecule has 0 aromatic rings. The van der Waals surface area contributed by atoms with Crippen LogP contribution in [0.15, 0.2) is 12.2 Å². The number of allylic oxidation sites excluding steroid dienone is 2. The molecule has 0 aromatic heterocycles. The largest absolute Gasteiger partial charge is 0.481 e. The van der Waals surface area contributed by atoms with Crippen LogP contribution in [-0.2, 0) is 20.4 Å². The first-order chi connectivity index (χ1) is 9.08. The Bertz CT molecular complexity index is 465. The van der Waals surface area contributed by atoms with Gasteiger partial charge in [-0.05, 0) is 18.3 Å². The zero-order valence-electron chi connectivity index (χ0n) is 10.5. The summed E-state index contributed by atoms with van der Waals surface area (Å²) in [5, 5.41) is 9.34. The molecule has 6 heteroatoms. The van der Waals surface area contributed by atoms with E-state index in [1.807, 2.05) is 12.2 Å². The molecule has 1 saturated carbocycles. The maximum absolute atomic E-state index is 12.5. The zero-order chi connectivity index (χ0) is 13.6. The monoisotopic (exact) mass is 283 g/mol. The van der Waals surface area contributed by atoms with Crippen molar-refractivity contribution in [3.05, 3.63) is 12.2 Å². The second kappa shape index (κ2) is 4.74. The van der Waals surface area contributed by atoms with Crippen molar-refractivity contribution in [3.63, 3.8) is 0 Å². The lowest BCUT2D eigenvalue weighted by Crippen LogP contribution is -2.48. The highest BCUT2D eigenvalue weighted by Crippen LogP contribution is 2.48. The first kappa shape index (κ1) is 12.8. The number of fused-ring (bicyclic) bond motifs is 2. The molecule has 3 rings (SSSR count). The van der Waals surface area contributed by atoms with Gasteiger partial charge in [0, 0.05) is 35.4 Å². The standard InChI is InChI=1S/C13H17NO4S/c15-12(14-3-5-19(18)6-4-14)10-8-1-2-9(7-8)11(10)13(16)17/h1-2,8-11H,3-7H2,(H,16,17)/t8?,9?,10-,11+/m0/s1. The maximum Gasteiger partial charge on any atom is 0.307 e. The fourth-order valence-corrected chi connectivity index (χ4v) is 4.62. The zero-order valence-corrected chi connectivity index (χ0v) is 11.3. The molecule has 1 amide bonds. The smallest absolute Gasteiger partial charge is 0.307 e. The fourth-order valence-electron chi connectivity index (χ4n) is 3.56. The van der Waals surface area contributed by atoms with Crippen molar-refractivity contribution in [2.75, 3.05) is 24.6 Å². The van der Waals surface area contributed by atoms with Gasteiger partial charge in [0.05, 0.1) is 11.8 Å². The van der Waals surface area contributed by atoms with Crippen LogP contribution in [0.4, 0.5) is 0 Å². The van der Waals surface area contributed by atoms with E-state index in [9.17, 15) is 18.9 Å². The van der Waals surface area contributed by atoms with E-state index in [2.05, 4.69) is 0 Å². The van der Waals surface area contributed by atoms with Crippen molar-refractivity contribution in [3.8, 4) is 0 Å². The SMILES string of the molecule is O=C(O)[C@@H]1C2C=CC(C2)[C@@H]1C(=O)N1CCS(=O)CC1. The maximum atomic E-state index is 12.5. The molecule has 104 valence electrons. The minimum atomic E-state index is -0.865. The molecule has 19 heavy (non-hydrogen) atoms. The third-order valence-corrected chi connectivity index (χ3v) is 5.79. The number of carboxylic acid groups (broad SMARTS) is 1. The van der Waals surface area contributed by atoms with Crippen LogP contribution in [0.3, 0.4) is 0 Å². The van der Waals surface area contributed by atoms with Crippen molar-refractivity contribution in [2.45, 2.75) is 6.42 Å². The molecule has 2 fully saturated rings. The van der Waals surface area contributed by atoms with Crippen LogP contribution in [0.25, 0.3) is 0 Å². The summed E-state index contributed by atoms with van der Waals surface area (Å²) in [6, 6.07) is 0. The van der Waals surface area contributed by atoms with Crippen LogP contribution in [-0.4, -0.2) is 50.7 Å². The second-order valence-electron chi connectivity index (χ2n) is 5.51. The van der Waals surface area contributed by atoms with Gasteiger partial charge in [-0.25, -0.2) is 0 Å². The van der Waals surface area contributed by atoms with E-state index in [0.29, 0.717) is 24.6 Å². The number of carbonyl (C=O) groups excluding carboxylic acids is 1. The number of amides is 1. The third kappa shape index (κ3) is 2.12. The second-order valence-corrected chi connectivity index (χ2v) is 7.21. The molecule has 0 aromatic carbocycles. The van der Waals surface area contributed by atoms with Crippen molar-refractivity contribution in [1.82, 2.24) is 4.90 Å². The molecule has 1 saturated heterocycles. The molecular weight excluding hydrogens is 266 g/mol. The number of aliphatic carboxylic acids is 1. The Kier molecular flexibility index (Phi) is 3.20. The van der Waals surface area contributed by atoms with E-state index in [1.54, 1.807) is 4.90 Å².